The van der Waals surface area contributed by atoms with Crippen LogP contribution in [0.2, 0.25) is 0 Å². The van der Waals surface area contributed by atoms with Crippen LogP contribution >= 0.6 is 0 Å². The third-order valence-electron chi connectivity index (χ3n) is 14.5. The largest absolute Gasteiger partial charge is 0.507 e. The van der Waals surface area contributed by atoms with E-state index in [4.69, 9.17) is 57.6 Å². The van der Waals surface area contributed by atoms with Crippen molar-refractivity contribution in [2.24, 2.45) is 16.2 Å². The molecular formula is C73H132O16. The minimum atomic E-state index is -0.722. The van der Waals surface area contributed by atoms with E-state index in [-0.39, 0.29) is 84.5 Å². The summed E-state index contributed by atoms with van der Waals surface area (Å²) in [6.45, 7) is 29.8. The lowest BCUT2D eigenvalue weighted by molar-refractivity contribution is -0.155. The van der Waals surface area contributed by atoms with Crippen LogP contribution in [0.3, 0.4) is 0 Å². The zero-order chi connectivity index (χ0) is 61.7. The number of esters is 1. The van der Waals surface area contributed by atoms with Gasteiger partial charge in [-0.15, -0.1) is 0 Å². The van der Waals surface area contributed by atoms with Crippen molar-refractivity contribution in [3.8, 4) is 23.0 Å². The molecule has 4 aromatic rings. The van der Waals surface area contributed by atoms with Crippen LogP contribution in [0.15, 0.2) is 60.7 Å². The molecule has 0 saturated carbocycles. The van der Waals surface area contributed by atoms with Crippen molar-refractivity contribution in [1.82, 2.24) is 0 Å². The summed E-state index contributed by atoms with van der Waals surface area (Å²) in [5.41, 5.74) is 7.62. The first-order chi connectivity index (χ1) is 38.0. The number of aryl methyl sites for hydroxylation is 1. The second kappa shape index (κ2) is 49.0. The number of rotatable bonds is 30. The van der Waals surface area contributed by atoms with Crippen LogP contribution in [0.4, 0.5) is 0 Å². The van der Waals surface area contributed by atoms with E-state index in [1.54, 1.807) is 70.4 Å². The molecule has 0 aromatic heterocycles. The van der Waals surface area contributed by atoms with E-state index < -0.39 is 33.6 Å². The fourth-order valence-electron chi connectivity index (χ4n) is 7.51. The van der Waals surface area contributed by atoms with E-state index in [1.807, 2.05) is 77.9 Å². The zero-order valence-electron chi connectivity index (χ0n) is 52.7. The molecule has 1 unspecified atom stereocenters. The molecule has 0 spiro atoms. The molecule has 0 heterocycles. The van der Waals surface area contributed by atoms with Gasteiger partial charge in [0, 0.05) is 81.5 Å². The average molecular weight is 1270 g/mol. The summed E-state index contributed by atoms with van der Waals surface area (Å²) in [6.07, 6.45) is 3.17. The lowest BCUT2D eigenvalue weighted by Crippen LogP contribution is -2.27. The van der Waals surface area contributed by atoms with E-state index in [1.165, 1.54) is 5.56 Å². The van der Waals surface area contributed by atoms with Crippen molar-refractivity contribution in [3.05, 3.63) is 116 Å². The summed E-state index contributed by atoms with van der Waals surface area (Å²) in [5, 5.41) is 27.7. The van der Waals surface area contributed by atoms with Gasteiger partial charge in [0.15, 0.2) is 0 Å². The van der Waals surface area contributed by atoms with Crippen LogP contribution in [0.25, 0.3) is 0 Å². The number of methoxy groups -OCH3 is 6. The van der Waals surface area contributed by atoms with Gasteiger partial charge in [-0.3, -0.25) is 14.4 Å². The van der Waals surface area contributed by atoms with Gasteiger partial charge < -0.3 is 62.7 Å². The number of hydrogen-bond donors (Lipinski definition) is 3. The summed E-state index contributed by atoms with van der Waals surface area (Å²) in [6, 6.07) is 20.4. The van der Waals surface area contributed by atoms with Gasteiger partial charge in [-0.05, 0) is 133 Å². The van der Waals surface area contributed by atoms with Gasteiger partial charge in [-0.1, -0.05) is 138 Å². The van der Waals surface area contributed by atoms with E-state index in [2.05, 4.69) is 52.0 Å². The van der Waals surface area contributed by atoms with Crippen molar-refractivity contribution < 1.29 is 77.1 Å². The monoisotopic (exact) mass is 1260 g/mol. The van der Waals surface area contributed by atoms with Crippen LogP contribution < -0.4 is 14.2 Å². The summed E-state index contributed by atoms with van der Waals surface area (Å²) >= 11 is 0. The van der Waals surface area contributed by atoms with Crippen molar-refractivity contribution in [2.45, 2.75) is 233 Å². The highest BCUT2D eigenvalue weighted by molar-refractivity contribution is 5.76. The molecule has 0 radical (unpaired) electrons. The molecule has 0 amide bonds. The first-order valence-electron chi connectivity index (χ1n) is 27.8. The van der Waals surface area contributed by atoms with Crippen LogP contribution in [-0.4, -0.2) is 95.9 Å². The molecule has 1 atom stereocenters. The molecule has 0 saturated heterocycles. The third-order valence-corrected chi connectivity index (χ3v) is 14.5. The number of phenolic OH excluding ortho intramolecular Hbond substituents is 1. The summed E-state index contributed by atoms with van der Waals surface area (Å²) < 4.78 is 55.9. The number of aromatic hydroxyl groups is 1. The predicted octanol–water partition coefficient (Wildman–Crippen LogP) is 19.0. The van der Waals surface area contributed by atoms with Gasteiger partial charge in [0.05, 0.1) is 55.9 Å². The topological polar surface area (TPSA) is 204 Å². The number of ether oxygens (including phenoxy) is 10. The van der Waals surface area contributed by atoms with Crippen molar-refractivity contribution in [2.75, 3.05) is 62.7 Å². The molecule has 0 fully saturated rings. The highest BCUT2D eigenvalue weighted by Gasteiger charge is 2.30. The van der Waals surface area contributed by atoms with Gasteiger partial charge in [0.2, 0.25) is 6.79 Å². The Hall–Kier alpha value is -5.75. The molecular weight excluding hydrogens is 1130 g/mol. The number of carboxylic acid groups (broad SMARTS) is 2. The molecule has 0 aliphatic carbocycles. The highest BCUT2D eigenvalue weighted by atomic mass is 16.7. The first kappa shape index (κ1) is 99.5. The molecule has 4 aromatic carbocycles. The first-order valence-corrected chi connectivity index (χ1v) is 27.8. The number of phenols is 1. The average Bonchev–Trinajstić information content (AvgIpc) is 3.44. The Morgan fingerprint density at radius 2 is 0.820 bits per heavy atom. The molecule has 520 valence electrons. The second-order valence-electron chi connectivity index (χ2n) is 22.5. The number of carbonyl (C=O) groups excluding carboxylic acids is 1. The Morgan fingerprint density at radius 1 is 0.472 bits per heavy atom. The maximum absolute atomic E-state index is 12.0. The zero-order valence-corrected chi connectivity index (χ0v) is 52.7. The molecule has 16 nitrogen and oxygen atoms in total. The Bertz CT molecular complexity index is 2420. The number of carbonyl (C=O) groups is 3. The molecule has 16 heteroatoms. The van der Waals surface area contributed by atoms with Crippen molar-refractivity contribution in [3.63, 3.8) is 0 Å². The lowest BCUT2D eigenvalue weighted by Gasteiger charge is -2.30. The van der Waals surface area contributed by atoms with Crippen molar-refractivity contribution in [1.29, 1.82) is 0 Å². The molecule has 0 aliphatic rings. The minimum Gasteiger partial charge on any atom is -0.507 e. The third kappa shape index (κ3) is 32.2. The van der Waals surface area contributed by atoms with Crippen molar-refractivity contribution >= 4 is 17.9 Å². The fraction of sp³-hybridized carbons (Fsp3) is 0.630. The van der Waals surface area contributed by atoms with Gasteiger partial charge in [0.1, 0.15) is 36.2 Å². The normalized spacial score (nSPS) is 10.8. The quantitative estimate of drug-likeness (QED) is 0.0252. The summed E-state index contributed by atoms with van der Waals surface area (Å²) in [5.74, 6) is 1.22. The Morgan fingerprint density at radius 3 is 1.16 bits per heavy atom. The Balaban J connectivity index is -0.000000194. The lowest BCUT2D eigenvalue weighted by atomic mass is 9.76. The van der Waals surface area contributed by atoms with E-state index >= 15 is 0 Å². The number of hydrogen-bond acceptors (Lipinski definition) is 14. The number of aliphatic carboxylic acids is 2. The SMILES string of the molecule is C.C.C.C.C.C.C.C.CCC(C)(C)C(=O)O.CCC(C)(C)C(=O)O.CCC(C)(C)C(=O)OCCOc1c(COC)cc(C)cc1COC.CCC(C)c1cccc(OCOc2c(COC)cc(C(C)(C)c3cc(COC)c(O)c(COC)c3)cc2COC)c1. The minimum absolute atomic E-state index is 0. The van der Waals surface area contributed by atoms with E-state index in [0.29, 0.717) is 81.9 Å². The van der Waals surface area contributed by atoms with Crippen LogP contribution in [-0.2, 0) is 92.6 Å². The predicted molar refractivity (Wildman–Crippen MR) is 371 cm³/mol. The number of benzene rings is 4. The molecule has 0 bridgehead atoms. The van der Waals surface area contributed by atoms with Crippen LogP contribution in [0.5, 0.6) is 23.0 Å². The van der Waals surface area contributed by atoms with Crippen LogP contribution in [0.1, 0.15) is 237 Å². The molecule has 3 N–H and O–H groups in total. The maximum Gasteiger partial charge on any atom is 0.311 e. The molecule has 0 aliphatic heterocycles. The maximum atomic E-state index is 12.0. The van der Waals surface area contributed by atoms with Gasteiger partial charge in [-0.25, -0.2) is 0 Å². The fourth-order valence-corrected chi connectivity index (χ4v) is 7.51. The molecule has 4 rings (SSSR count). The van der Waals surface area contributed by atoms with Gasteiger partial charge in [0.25, 0.3) is 0 Å². The Kier molecular flexibility index (Phi) is 54.8. The van der Waals surface area contributed by atoms with Gasteiger partial charge >= 0.3 is 17.9 Å². The summed E-state index contributed by atoms with van der Waals surface area (Å²) in [7, 11) is 9.87. The highest BCUT2D eigenvalue weighted by Crippen LogP contribution is 2.40. The van der Waals surface area contributed by atoms with Gasteiger partial charge in [-0.2, -0.15) is 0 Å². The smallest absolute Gasteiger partial charge is 0.311 e. The number of carboxylic acids is 2. The standard InChI is InChI=1S/C34H46O7.C19H30O5.2C6H12O2.8CH4/c1-9-23(2)24-11-10-12-31(17-24)40-22-41-33-27(20-38-7)15-30(16-28(33)21-39-8)34(3,4)29-13-25(18-36-5)32(35)26(14-29)19-37-6;1-7-19(3,4)18(20)24-9-8-23-17-15(12-21-5)10-14(2)11-16(17)13-22-6;2*1-4-6(2,3)5(7)8;;;;;;;;/h10-17,23,35H,9,18-22H2,1-8H3;10-11H,7-9,12-13H2,1-6H3;2*4H2,1-3H3,(H,7,8);8*1H4. The van der Waals surface area contributed by atoms with Crippen LogP contribution in [0, 0.1) is 23.2 Å². The van der Waals surface area contributed by atoms with E-state index in [0.717, 1.165) is 63.3 Å². The molecule has 89 heavy (non-hydrogen) atoms. The summed E-state index contributed by atoms with van der Waals surface area (Å²) in [4.78, 5) is 32.5. The Labute approximate surface area is 544 Å². The second-order valence-corrected chi connectivity index (χ2v) is 22.5. The van der Waals surface area contributed by atoms with E-state index in [9.17, 15) is 19.5 Å².